The first-order chi connectivity index (χ1) is 10.3. The summed E-state index contributed by atoms with van der Waals surface area (Å²) in [7, 11) is 0. The van der Waals surface area contributed by atoms with Crippen molar-refractivity contribution < 1.29 is 4.79 Å². The highest BCUT2D eigenvalue weighted by atomic mass is 35.5. The number of rotatable bonds is 3. The maximum absolute atomic E-state index is 12.7. The molecule has 1 heterocycles. The number of hydrogen-bond acceptors (Lipinski definition) is 3. The second kappa shape index (κ2) is 6.63. The monoisotopic (exact) mass is 337 g/mol. The van der Waals surface area contributed by atoms with Gasteiger partial charge in [0.15, 0.2) is 5.82 Å². The van der Waals surface area contributed by atoms with Crippen LogP contribution in [0.3, 0.4) is 0 Å². The molecule has 4 nitrogen and oxygen atoms in total. The van der Waals surface area contributed by atoms with Crippen LogP contribution < -0.4 is 4.90 Å². The van der Waals surface area contributed by atoms with Gasteiger partial charge in [-0.2, -0.15) is 0 Å². The summed E-state index contributed by atoms with van der Waals surface area (Å²) in [5.74, 6) is 0.376. The van der Waals surface area contributed by atoms with Crippen molar-refractivity contribution >= 4 is 40.6 Å². The molecule has 0 N–H and O–H groups in total. The standard InChI is InChI=1S/C16H17Cl2N3O/c1-16(2,3)9-15(22)21(14-10-19-6-7-20-14)11-4-5-12(17)13(18)8-11/h4-8,10H,9H2,1-3H3. The topological polar surface area (TPSA) is 46.1 Å². The van der Waals surface area contributed by atoms with Crippen LogP contribution in [0, 0.1) is 5.41 Å². The summed E-state index contributed by atoms with van der Waals surface area (Å²) in [5, 5.41) is 0.824. The fourth-order valence-electron chi connectivity index (χ4n) is 1.97. The first-order valence-corrected chi connectivity index (χ1v) is 7.57. The number of aromatic nitrogens is 2. The van der Waals surface area contributed by atoms with Gasteiger partial charge >= 0.3 is 0 Å². The van der Waals surface area contributed by atoms with Crippen LogP contribution in [-0.4, -0.2) is 15.9 Å². The molecule has 2 aromatic rings. The number of amides is 1. The van der Waals surface area contributed by atoms with E-state index in [1.165, 1.54) is 4.90 Å². The van der Waals surface area contributed by atoms with E-state index in [1.54, 1.807) is 36.8 Å². The Morgan fingerprint density at radius 1 is 1.18 bits per heavy atom. The highest BCUT2D eigenvalue weighted by Gasteiger charge is 2.25. The SMILES string of the molecule is CC(C)(C)CC(=O)N(c1ccc(Cl)c(Cl)c1)c1cnccn1. The Hall–Kier alpha value is -1.65. The average molecular weight is 338 g/mol. The normalized spacial score (nSPS) is 11.3. The Morgan fingerprint density at radius 3 is 2.45 bits per heavy atom. The zero-order chi connectivity index (χ0) is 16.3. The minimum Gasteiger partial charge on any atom is -0.274 e. The molecule has 0 atom stereocenters. The maximum Gasteiger partial charge on any atom is 0.233 e. The molecule has 22 heavy (non-hydrogen) atoms. The molecule has 0 aliphatic rings. The van der Waals surface area contributed by atoms with E-state index in [9.17, 15) is 4.79 Å². The lowest BCUT2D eigenvalue weighted by molar-refractivity contribution is -0.119. The number of nitrogens with zero attached hydrogens (tertiary/aromatic N) is 3. The van der Waals surface area contributed by atoms with Crippen molar-refractivity contribution in [2.75, 3.05) is 4.90 Å². The van der Waals surface area contributed by atoms with Crippen molar-refractivity contribution in [1.82, 2.24) is 9.97 Å². The van der Waals surface area contributed by atoms with Crippen LogP contribution >= 0.6 is 23.2 Å². The van der Waals surface area contributed by atoms with Crippen molar-refractivity contribution in [3.63, 3.8) is 0 Å². The third kappa shape index (κ3) is 4.18. The van der Waals surface area contributed by atoms with Crippen molar-refractivity contribution in [3.8, 4) is 0 Å². The molecular formula is C16H17Cl2N3O. The Kier molecular flexibility index (Phi) is 5.04. The van der Waals surface area contributed by atoms with Crippen LogP contribution in [0.25, 0.3) is 0 Å². The third-order valence-electron chi connectivity index (χ3n) is 2.87. The maximum atomic E-state index is 12.7. The van der Waals surface area contributed by atoms with Crippen molar-refractivity contribution in [3.05, 3.63) is 46.8 Å². The largest absolute Gasteiger partial charge is 0.274 e. The molecule has 116 valence electrons. The van der Waals surface area contributed by atoms with Crippen LogP contribution in [0.4, 0.5) is 11.5 Å². The number of carbonyl (C=O) groups is 1. The molecule has 0 saturated heterocycles. The van der Waals surface area contributed by atoms with Crippen molar-refractivity contribution in [2.45, 2.75) is 27.2 Å². The Balaban J connectivity index is 2.46. The van der Waals surface area contributed by atoms with Crippen LogP contribution in [-0.2, 0) is 4.79 Å². The van der Waals surface area contributed by atoms with Gasteiger partial charge in [-0.05, 0) is 23.6 Å². The van der Waals surface area contributed by atoms with Gasteiger partial charge in [0.25, 0.3) is 0 Å². The van der Waals surface area contributed by atoms with E-state index in [0.29, 0.717) is 28.0 Å². The second-order valence-electron chi connectivity index (χ2n) is 6.13. The van der Waals surface area contributed by atoms with Crippen LogP contribution in [0.2, 0.25) is 10.0 Å². The van der Waals surface area contributed by atoms with Crippen LogP contribution in [0.5, 0.6) is 0 Å². The van der Waals surface area contributed by atoms with Gasteiger partial charge in [0.1, 0.15) is 0 Å². The number of benzene rings is 1. The van der Waals surface area contributed by atoms with E-state index in [1.807, 2.05) is 20.8 Å². The van der Waals surface area contributed by atoms with E-state index in [4.69, 9.17) is 23.2 Å². The van der Waals surface area contributed by atoms with E-state index in [0.717, 1.165) is 0 Å². The molecule has 0 spiro atoms. The summed E-state index contributed by atoms with van der Waals surface area (Å²) in [4.78, 5) is 22.5. The smallest absolute Gasteiger partial charge is 0.233 e. The molecule has 0 unspecified atom stereocenters. The molecule has 1 amide bonds. The summed E-state index contributed by atoms with van der Waals surface area (Å²) in [6, 6.07) is 5.05. The van der Waals surface area contributed by atoms with E-state index < -0.39 is 0 Å². The molecule has 0 saturated carbocycles. The molecule has 1 aromatic heterocycles. The molecule has 6 heteroatoms. The molecule has 0 bridgehead atoms. The van der Waals surface area contributed by atoms with E-state index in [-0.39, 0.29) is 11.3 Å². The van der Waals surface area contributed by atoms with Gasteiger partial charge in [-0.1, -0.05) is 44.0 Å². The van der Waals surface area contributed by atoms with Crippen LogP contribution in [0.15, 0.2) is 36.8 Å². The minimum absolute atomic E-state index is 0.0774. The summed E-state index contributed by atoms with van der Waals surface area (Å²) in [6.07, 6.45) is 5.02. The Labute approximate surface area is 140 Å². The van der Waals surface area contributed by atoms with Crippen molar-refractivity contribution in [2.24, 2.45) is 5.41 Å². The number of carbonyl (C=O) groups excluding carboxylic acids is 1. The van der Waals surface area contributed by atoms with Gasteiger partial charge in [0, 0.05) is 18.8 Å². The van der Waals surface area contributed by atoms with E-state index in [2.05, 4.69) is 9.97 Å². The second-order valence-corrected chi connectivity index (χ2v) is 6.94. The first kappa shape index (κ1) is 16.7. The number of halogens is 2. The average Bonchev–Trinajstić information content (AvgIpc) is 2.42. The van der Waals surface area contributed by atoms with Crippen LogP contribution in [0.1, 0.15) is 27.2 Å². The molecular weight excluding hydrogens is 321 g/mol. The highest BCUT2D eigenvalue weighted by Crippen LogP contribution is 2.32. The molecule has 0 aliphatic carbocycles. The number of anilines is 2. The van der Waals surface area contributed by atoms with E-state index >= 15 is 0 Å². The molecule has 0 aliphatic heterocycles. The summed E-state index contributed by atoms with van der Waals surface area (Å²) in [5.41, 5.74) is 0.470. The molecule has 0 fully saturated rings. The zero-order valence-corrected chi connectivity index (χ0v) is 14.2. The van der Waals surface area contributed by atoms with Gasteiger partial charge in [-0.15, -0.1) is 0 Å². The predicted molar refractivity (Wildman–Crippen MR) is 89.7 cm³/mol. The lowest BCUT2D eigenvalue weighted by Gasteiger charge is -2.26. The lowest BCUT2D eigenvalue weighted by atomic mass is 9.91. The highest BCUT2D eigenvalue weighted by molar-refractivity contribution is 6.42. The Morgan fingerprint density at radius 2 is 1.91 bits per heavy atom. The first-order valence-electron chi connectivity index (χ1n) is 6.82. The molecule has 2 rings (SSSR count). The quantitative estimate of drug-likeness (QED) is 0.801. The van der Waals surface area contributed by atoms with Gasteiger partial charge in [0.2, 0.25) is 5.91 Å². The fraction of sp³-hybridized carbons (Fsp3) is 0.312. The third-order valence-corrected chi connectivity index (χ3v) is 3.61. The summed E-state index contributed by atoms with van der Waals surface area (Å²) >= 11 is 12.0. The minimum atomic E-state index is -0.145. The Bertz CT molecular complexity index is 669. The zero-order valence-electron chi connectivity index (χ0n) is 12.7. The van der Waals surface area contributed by atoms with Gasteiger partial charge < -0.3 is 0 Å². The summed E-state index contributed by atoms with van der Waals surface area (Å²) in [6.45, 7) is 6.03. The molecule has 0 radical (unpaired) electrons. The fourth-order valence-corrected chi connectivity index (χ4v) is 2.26. The van der Waals surface area contributed by atoms with Gasteiger partial charge in [-0.25, -0.2) is 4.98 Å². The van der Waals surface area contributed by atoms with Gasteiger partial charge in [0.05, 0.1) is 21.9 Å². The lowest BCUT2D eigenvalue weighted by Crippen LogP contribution is -2.30. The number of hydrogen-bond donors (Lipinski definition) is 0. The predicted octanol–water partition coefficient (Wildman–Crippen LogP) is 4.88. The van der Waals surface area contributed by atoms with Gasteiger partial charge in [-0.3, -0.25) is 14.7 Å². The van der Waals surface area contributed by atoms with Crippen molar-refractivity contribution in [1.29, 1.82) is 0 Å². The molecule has 1 aromatic carbocycles. The summed E-state index contributed by atoms with van der Waals surface area (Å²) < 4.78 is 0.